The number of hydroxylamine groups is 2. The average Bonchev–Trinajstić information content (AvgIpc) is 3.40. The number of hydrogen-bond acceptors (Lipinski definition) is 8. The number of quaternary nitrogens is 1. The van der Waals surface area contributed by atoms with Crippen LogP contribution in [0.2, 0.25) is 0 Å². The van der Waals surface area contributed by atoms with Gasteiger partial charge in [-0.1, -0.05) is 43.9 Å². The first kappa shape index (κ1) is 42.1. The second-order valence-corrected chi connectivity index (χ2v) is 18.2. The highest BCUT2D eigenvalue weighted by molar-refractivity contribution is 7.89. The molecule has 1 aromatic heterocycles. The molecule has 1 aliphatic carbocycles. The lowest BCUT2D eigenvalue weighted by atomic mass is 9.81. The van der Waals surface area contributed by atoms with E-state index in [9.17, 15) is 23.2 Å². The highest BCUT2D eigenvalue weighted by atomic mass is 32.2. The van der Waals surface area contributed by atoms with Gasteiger partial charge in [0, 0.05) is 48.2 Å². The van der Waals surface area contributed by atoms with Gasteiger partial charge in [0.15, 0.2) is 5.69 Å². The summed E-state index contributed by atoms with van der Waals surface area (Å²) in [4.78, 5) is 31.0. The molecule has 1 atom stereocenters. The van der Waals surface area contributed by atoms with Crippen molar-refractivity contribution in [3.63, 3.8) is 0 Å². The van der Waals surface area contributed by atoms with Gasteiger partial charge in [0.05, 0.1) is 32.0 Å². The van der Waals surface area contributed by atoms with Crippen molar-refractivity contribution in [1.82, 2.24) is 19.0 Å². The van der Waals surface area contributed by atoms with E-state index >= 15 is 0 Å². The molecule has 0 radical (unpaired) electrons. The quantitative estimate of drug-likeness (QED) is 0.0582. The normalized spacial score (nSPS) is 16.0. The van der Waals surface area contributed by atoms with Crippen LogP contribution in [0.25, 0.3) is 28.2 Å². The molecule has 12 nitrogen and oxygen atoms in total. The molecule has 1 saturated carbocycles. The number of carbonyl (C=O) groups excluding carboxylic acids is 2. The number of nitrogens with one attached hydrogen (secondary N) is 1. The van der Waals surface area contributed by atoms with Gasteiger partial charge in [-0.3, -0.25) is 4.79 Å². The summed E-state index contributed by atoms with van der Waals surface area (Å²) in [6.45, 7) is 6.50. The van der Waals surface area contributed by atoms with Gasteiger partial charge >= 0.3 is 5.97 Å². The van der Waals surface area contributed by atoms with Gasteiger partial charge < -0.3 is 24.6 Å². The van der Waals surface area contributed by atoms with Crippen LogP contribution >= 0.6 is 0 Å². The Bertz CT molecular complexity index is 2270. The SMILES string of the molecule is COc1ccc2c(c1)C=C(C(=O)NCCCCCN(C)S(=O)(=O)c1ccccc1[N+](C)([O-])OC)Cn1c-2c(C2CCCCC2)c2ccc(C(=O)OC(C)(C)C)cc21. The molecule has 2 aliphatic rings. The maximum absolute atomic E-state index is 14.0. The first-order chi connectivity index (χ1) is 27.1. The van der Waals surface area contributed by atoms with E-state index in [1.54, 1.807) is 19.2 Å². The van der Waals surface area contributed by atoms with Gasteiger partial charge in [-0.05, 0) is 106 Å². The Kier molecular flexibility index (Phi) is 12.7. The molecule has 13 heteroatoms. The number of hydrogen-bond donors (Lipinski definition) is 1. The minimum absolute atomic E-state index is 0.00262. The number of fused-ring (bicyclic) bond motifs is 5. The van der Waals surface area contributed by atoms with Crippen LogP contribution in [0.15, 0.2) is 71.1 Å². The van der Waals surface area contributed by atoms with Gasteiger partial charge in [0.2, 0.25) is 15.9 Å². The standard InChI is InChI=1S/C44H56N4O8S/c1-44(2,3)56-43(50)31-20-22-36-37(28-31)47-29-33(26-32-27-34(54-6)21-23-35(32)41(47)40(36)30-16-10-8-11-17-30)42(49)45-24-14-9-15-25-46(4)57(52,53)39-19-13-12-18-38(39)48(5,51)55-7/h12-13,18-23,26-28,30H,8-11,14-17,24-25,29H2,1-7H3,(H,45,49). The third kappa shape index (κ3) is 9.13. The fourth-order valence-corrected chi connectivity index (χ4v) is 9.45. The summed E-state index contributed by atoms with van der Waals surface area (Å²) in [5.41, 5.74) is 5.50. The van der Waals surface area contributed by atoms with E-state index in [1.807, 2.05) is 57.2 Å². The molecular weight excluding hydrogens is 745 g/mol. The van der Waals surface area contributed by atoms with E-state index < -0.39 is 26.4 Å². The van der Waals surface area contributed by atoms with Crippen molar-refractivity contribution < 1.29 is 32.3 Å². The zero-order chi connectivity index (χ0) is 41.1. The predicted molar refractivity (Wildman–Crippen MR) is 224 cm³/mol. The number of amides is 1. The molecule has 306 valence electrons. The van der Waals surface area contributed by atoms with Crippen LogP contribution in [0.3, 0.4) is 0 Å². The number of benzene rings is 3. The summed E-state index contributed by atoms with van der Waals surface area (Å²) < 4.78 is 41.7. The molecule has 4 aromatic rings. The minimum Gasteiger partial charge on any atom is -0.593 e. The molecule has 0 saturated heterocycles. The lowest BCUT2D eigenvalue weighted by molar-refractivity contribution is -0.117. The molecule has 2 heterocycles. The highest BCUT2D eigenvalue weighted by Crippen LogP contribution is 2.47. The van der Waals surface area contributed by atoms with Gasteiger partial charge in [-0.25, -0.2) is 22.4 Å². The summed E-state index contributed by atoms with van der Waals surface area (Å²) in [7, 11) is 1.65. The van der Waals surface area contributed by atoms with Crippen LogP contribution in [0.5, 0.6) is 5.75 Å². The lowest BCUT2D eigenvalue weighted by Crippen LogP contribution is -2.39. The smallest absolute Gasteiger partial charge is 0.338 e. The third-order valence-electron chi connectivity index (χ3n) is 11.0. The van der Waals surface area contributed by atoms with Crippen LogP contribution < -0.4 is 14.9 Å². The first-order valence-electron chi connectivity index (χ1n) is 19.8. The summed E-state index contributed by atoms with van der Waals surface area (Å²) in [6.07, 6.45) is 9.48. The number of unbranched alkanes of at least 4 members (excludes halogenated alkanes) is 2. The number of aromatic nitrogens is 1. The zero-order valence-electron chi connectivity index (χ0n) is 34.2. The van der Waals surface area contributed by atoms with Crippen LogP contribution in [-0.2, 0) is 30.9 Å². The van der Waals surface area contributed by atoms with E-state index in [0.29, 0.717) is 55.2 Å². The number of sulfonamides is 1. The van der Waals surface area contributed by atoms with Gasteiger partial charge in [-0.15, -0.1) is 0 Å². The molecule has 6 rings (SSSR count). The molecule has 1 fully saturated rings. The molecular formula is C44H56N4O8S. The van der Waals surface area contributed by atoms with E-state index in [2.05, 4.69) is 16.0 Å². The number of methoxy groups -OCH3 is 1. The van der Waals surface area contributed by atoms with Crippen molar-refractivity contribution >= 4 is 44.6 Å². The predicted octanol–water partition coefficient (Wildman–Crippen LogP) is 8.32. The minimum atomic E-state index is -3.95. The van der Waals surface area contributed by atoms with Crippen LogP contribution in [0, 0.1) is 5.21 Å². The molecule has 1 aliphatic heterocycles. The van der Waals surface area contributed by atoms with Crippen molar-refractivity contribution in [2.24, 2.45) is 0 Å². The number of rotatable bonds is 14. The van der Waals surface area contributed by atoms with Crippen LogP contribution in [0.4, 0.5) is 5.69 Å². The number of para-hydroxylation sites is 1. The summed E-state index contributed by atoms with van der Waals surface area (Å²) in [6, 6.07) is 17.9. The molecule has 1 N–H and O–H groups in total. The Morgan fingerprint density at radius 1 is 0.982 bits per heavy atom. The molecule has 1 unspecified atom stereocenters. The number of ether oxygens (including phenoxy) is 2. The van der Waals surface area contributed by atoms with Crippen LogP contribution in [0.1, 0.15) is 99.5 Å². The molecule has 3 aromatic carbocycles. The summed E-state index contributed by atoms with van der Waals surface area (Å²) in [5.74, 6) is 0.441. The van der Waals surface area contributed by atoms with Crippen molar-refractivity contribution in [3.05, 3.63) is 88.1 Å². The van der Waals surface area contributed by atoms with E-state index in [4.69, 9.17) is 14.3 Å². The van der Waals surface area contributed by atoms with Crippen molar-refractivity contribution in [2.45, 2.75) is 95.1 Å². The first-order valence-corrected chi connectivity index (χ1v) is 21.3. The topological polar surface area (TPSA) is 139 Å². The summed E-state index contributed by atoms with van der Waals surface area (Å²) in [5, 5.41) is 17.0. The maximum atomic E-state index is 14.0. The zero-order valence-corrected chi connectivity index (χ0v) is 35.0. The average molecular weight is 801 g/mol. The molecule has 57 heavy (non-hydrogen) atoms. The van der Waals surface area contributed by atoms with E-state index in [1.165, 1.54) is 49.6 Å². The van der Waals surface area contributed by atoms with Gasteiger partial charge in [0.25, 0.3) is 0 Å². The number of esters is 1. The Labute approximate surface area is 336 Å². The van der Waals surface area contributed by atoms with E-state index in [-0.39, 0.29) is 23.0 Å². The Morgan fingerprint density at radius 3 is 2.42 bits per heavy atom. The van der Waals surface area contributed by atoms with Gasteiger partial charge in [-0.2, -0.15) is 4.81 Å². The monoisotopic (exact) mass is 800 g/mol. The molecule has 0 spiro atoms. The number of nitrogens with zero attached hydrogens (tertiary/aromatic N) is 3. The highest BCUT2D eigenvalue weighted by Gasteiger charge is 2.32. The Hall–Kier alpha value is -4.53. The molecule has 1 amide bonds. The summed E-state index contributed by atoms with van der Waals surface area (Å²) >= 11 is 0. The van der Waals surface area contributed by atoms with E-state index in [0.717, 1.165) is 53.4 Å². The van der Waals surface area contributed by atoms with Crippen LogP contribution in [-0.4, -0.2) is 76.2 Å². The maximum Gasteiger partial charge on any atom is 0.338 e. The third-order valence-corrected chi connectivity index (χ3v) is 12.9. The van der Waals surface area contributed by atoms with Crippen molar-refractivity contribution in [1.29, 1.82) is 0 Å². The Balaban J connectivity index is 1.22. The number of carbonyl (C=O) groups is 2. The van der Waals surface area contributed by atoms with Crippen molar-refractivity contribution in [3.8, 4) is 17.0 Å². The Morgan fingerprint density at radius 2 is 1.72 bits per heavy atom. The molecule has 0 bridgehead atoms. The second-order valence-electron chi connectivity index (χ2n) is 16.2. The van der Waals surface area contributed by atoms with Gasteiger partial charge in [0.1, 0.15) is 23.3 Å². The largest absolute Gasteiger partial charge is 0.593 e. The fourth-order valence-electron chi connectivity index (χ4n) is 7.99. The fraction of sp³-hybridized carbons (Fsp3) is 0.455. The van der Waals surface area contributed by atoms with Crippen molar-refractivity contribution in [2.75, 3.05) is 41.4 Å². The second kappa shape index (κ2) is 17.1. The lowest BCUT2D eigenvalue weighted by Gasteiger charge is -2.34.